The van der Waals surface area contributed by atoms with Gasteiger partial charge in [-0.15, -0.1) is 0 Å². The molecule has 1 saturated heterocycles. The lowest BCUT2D eigenvalue weighted by molar-refractivity contribution is -0.157. The first-order valence-electron chi connectivity index (χ1n) is 9.05. The average molecular weight is 372 g/mol. The van der Waals surface area contributed by atoms with Gasteiger partial charge in [-0.25, -0.2) is 0 Å². The van der Waals surface area contributed by atoms with Gasteiger partial charge in [-0.05, 0) is 5.56 Å². The van der Waals surface area contributed by atoms with Crippen LogP contribution in [-0.4, -0.2) is 64.6 Å². The Balaban J connectivity index is 1.83. The number of rotatable bonds is 8. The van der Waals surface area contributed by atoms with Crippen molar-refractivity contribution < 1.29 is 18.8 Å². The highest BCUT2D eigenvalue weighted by atomic mass is 16.5. The topological polar surface area (TPSA) is 88.8 Å². The Labute approximate surface area is 158 Å². The number of carbonyl (C=O) groups excluding carboxylic acids is 2. The highest BCUT2D eigenvalue weighted by Crippen LogP contribution is 2.20. The number of nitrogens with zero attached hydrogens (tertiary/aromatic N) is 4. The first kappa shape index (κ1) is 19.0. The van der Waals surface area contributed by atoms with E-state index in [1.54, 1.807) is 16.9 Å². The molecular weight excluding hydrogens is 348 g/mol. The molecule has 1 fully saturated rings. The van der Waals surface area contributed by atoms with E-state index in [1.807, 2.05) is 37.3 Å². The minimum atomic E-state index is -0.609. The fourth-order valence-electron chi connectivity index (χ4n) is 3.12. The minimum Gasteiger partial charge on any atom is -0.383 e. The molecule has 1 aromatic carbocycles. The van der Waals surface area contributed by atoms with E-state index in [-0.39, 0.29) is 24.9 Å². The maximum Gasteiger partial charge on any atom is 0.246 e. The molecule has 0 spiro atoms. The zero-order valence-electron chi connectivity index (χ0n) is 15.6. The van der Waals surface area contributed by atoms with Crippen LogP contribution in [0.3, 0.4) is 0 Å². The first-order chi connectivity index (χ1) is 13.1. The summed E-state index contributed by atoms with van der Waals surface area (Å²) >= 11 is 0. The van der Waals surface area contributed by atoms with Crippen LogP contribution >= 0.6 is 0 Å². The van der Waals surface area contributed by atoms with Gasteiger partial charge >= 0.3 is 0 Å². The van der Waals surface area contributed by atoms with Gasteiger partial charge in [0.25, 0.3) is 0 Å². The number of benzene rings is 1. The SMILES string of the molecule is CCc1noc(CN2C(=O)CN(CCOC)C(=O)[C@H]2Cc2ccccc2)n1. The Morgan fingerprint density at radius 2 is 2.04 bits per heavy atom. The fraction of sp³-hybridized carbons (Fsp3) is 0.474. The van der Waals surface area contributed by atoms with E-state index in [0.717, 1.165) is 5.56 Å². The van der Waals surface area contributed by atoms with Crippen molar-refractivity contribution in [3.63, 3.8) is 0 Å². The lowest BCUT2D eigenvalue weighted by Gasteiger charge is -2.39. The van der Waals surface area contributed by atoms with Crippen LogP contribution in [0.25, 0.3) is 0 Å². The van der Waals surface area contributed by atoms with Crippen molar-refractivity contribution in [3.05, 3.63) is 47.6 Å². The standard InChI is InChI=1S/C19H24N4O4/c1-3-16-20-17(27-21-16)12-23-15(11-14-7-5-4-6-8-14)19(25)22(9-10-26-2)13-18(23)24/h4-8,15H,3,9-13H2,1-2H3/t15-/m1/s1. The second-order valence-corrected chi connectivity index (χ2v) is 6.44. The van der Waals surface area contributed by atoms with Crippen molar-refractivity contribution >= 4 is 11.8 Å². The zero-order valence-corrected chi connectivity index (χ0v) is 15.6. The maximum atomic E-state index is 13.1. The number of hydrogen-bond acceptors (Lipinski definition) is 6. The highest BCUT2D eigenvalue weighted by molar-refractivity contribution is 5.95. The summed E-state index contributed by atoms with van der Waals surface area (Å²) in [4.78, 5) is 33.2. The number of ether oxygens (including phenoxy) is 1. The Morgan fingerprint density at radius 3 is 2.70 bits per heavy atom. The summed E-state index contributed by atoms with van der Waals surface area (Å²) in [5.41, 5.74) is 0.988. The smallest absolute Gasteiger partial charge is 0.246 e. The summed E-state index contributed by atoms with van der Waals surface area (Å²) in [5, 5.41) is 3.87. The molecule has 0 aliphatic carbocycles. The van der Waals surface area contributed by atoms with Crippen LogP contribution in [0.1, 0.15) is 24.2 Å². The fourth-order valence-corrected chi connectivity index (χ4v) is 3.12. The normalized spacial score (nSPS) is 17.6. The molecule has 0 N–H and O–H groups in total. The van der Waals surface area contributed by atoms with E-state index in [4.69, 9.17) is 9.26 Å². The van der Waals surface area contributed by atoms with Crippen molar-refractivity contribution in [3.8, 4) is 0 Å². The monoisotopic (exact) mass is 372 g/mol. The van der Waals surface area contributed by atoms with Crippen molar-refractivity contribution in [1.29, 1.82) is 0 Å². The lowest BCUT2D eigenvalue weighted by Crippen LogP contribution is -2.60. The molecule has 3 rings (SSSR count). The van der Waals surface area contributed by atoms with Gasteiger partial charge < -0.3 is 19.1 Å². The van der Waals surface area contributed by atoms with Crippen molar-refractivity contribution in [1.82, 2.24) is 19.9 Å². The molecule has 1 aliphatic rings. The van der Waals surface area contributed by atoms with Crippen molar-refractivity contribution in [2.75, 3.05) is 26.8 Å². The third kappa shape index (κ3) is 4.51. The molecule has 8 heteroatoms. The molecule has 0 unspecified atom stereocenters. The van der Waals surface area contributed by atoms with Crippen LogP contribution in [0.2, 0.25) is 0 Å². The van der Waals surface area contributed by atoms with Crippen LogP contribution in [-0.2, 0) is 33.7 Å². The number of aromatic nitrogens is 2. The van der Waals surface area contributed by atoms with Crippen molar-refractivity contribution in [2.24, 2.45) is 0 Å². The summed E-state index contributed by atoms with van der Waals surface area (Å²) in [6.45, 7) is 2.87. The van der Waals surface area contributed by atoms with Gasteiger partial charge in [-0.1, -0.05) is 42.4 Å². The lowest BCUT2D eigenvalue weighted by atomic mass is 10.0. The first-order valence-corrected chi connectivity index (χ1v) is 9.05. The Bertz CT molecular complexity index is 777. The molecule has 0 saturated carbocycles. The summed E-state index contributed by atoms with van der Waals surface area (Å²) < 4.78 is 10.3. The van der Waals surface area contributed by atoms with Gasteiger partial charge in [0, 0.05) is 26.5 Å². The van der Waals surface area contributed by atoms with Crippen molar-refractivity contribution in [2.45, 2.75) is 32.4 Å². The van der Waals surface area contributed by atoms with Gasteiger partial charge in [-0.2, -0.15) is 4.98 Å². The molecule has 2 aromatic rings. The van der Waals surface area contributed by atoms with Gasteiger partial charge in [0.15, 0.2) is 5.82 Å². The predicted molar refractivity (Wildman–Crippen MR) is 96.6 cm³/mol. The third-order valence-corrected chi connectivity index (χ3v) is 4.59. The number of hydrogen-bond donors (Lipinski definition) is 0. The van der Waals surface area contributed by atoms with E-state index in [1.165, 1.54) is 0 Å². The zero-order chi connectivity index (χ0) is 19.2. The minimum absolute atomic E-state index is 0.0300. The molecule has 144 valence electrons. The summed E-state index contributed by atoms with van der Waals surface area (Å²) in [7, 11) is 1.57. The molecule has 2 heterocycles. The van der Waals surface area contributed by atoms with Gasteiger partial charge in [0.05, 0.1) is 13.2 Å². The maximum absolute atomic E-state index is 13.1. The molecule has 0 radical (unpaired) electrons. The molecule has 1 atom stereocenters. The molecule has 8 nitrogen and oxygen atoms in total. The van der Waals surface area contributed by atoms with Gasteiger partial charge in [0.1, 0.15) is 12.6 Å². The molecule has 2 amide bonds. The molecule has 1 aromatic heterocycles. The number of aryl methyl sites for hydroxylation is 1. The van der Waals surface area contributed by atoms with E-state index in [2.05, 4.69) is 10.1 Å². The summed E-state index contributed by atoms with van der Waals surface area (Å²) in [6, 6.07) is 9.05. The summed E-state index contributed by atoms with van der Waals surface area (Å²) in [6.07, 6.45) is 1.08. The van der Waals surface area contributed by atoms with Gasteiger partial charge in [-0.3, -0.25) is 9.59 Å². The van der Waals surface area contributed by atoms with Gasteiger partial charge in [0.2, 0.25) is 17.7 Å². The third-order valence-electron chi connectivity index (χ3n) is 4.59. The highest BCUT2D eigenvalue weighted by Gasteiger charge is 2.39. The van der Waals surface area contributed by atoms with E-state index in [0.29, 0.717) is 37.7 Å². The number of piperazine rings is 1. The predicted octanol–water partition coefficient (Wildman–Crippen LogP) is 1.06. The van der Waals surface area contributed by atoms with Crippen LogP contribution < -0.4 is 0 Å². The van der Waals surface area contributed by atoms with E-state index < -0.39 is 6.04 Å². The molecule has 1 aliphatic heterocycles. The Hall–Kier alpha value is -2.74. The average Bonchev–Trinajstić information content (AvgIpc) is 3.14. The molecular formula is C19H24N4O4. The van der Waals surface area contributed by atoms with E-state index in [9.17, 15) is 9.59 Å². The van der Waals surface area contributed by atoms with Crippen LogP contribution in [0.5, 0.6) is 0 Å². The summed E-state index contributed by atoms with van der Waals surface area (Å²) in [5.74, 6) is 0.701. The second-order valence-electron chi connectivity index (χ2n) is 6.44. The molecule has 27 heavy (non-hydrogen) atoms. The second kappa shape index (κ2) is 8.77. The Morgan fingerprint density at radius 1 is 1.26 bits per heavy atom. The van der Waals surface area contributed by atoms with Crippen LogP contribution in [0.4, 0.5) is 0 Å². The number of methoxy groups -OCH3 is 1. The van der Waals surface area contributed by atoms with Crippen LogP contribution in [0, 0.1) is 0 Å². The Kier molecular flexibility index (Phi) is 6.18. The number of carbonyl (C=O) groups is 2. The molecule has 0 bridgehead atoms. The van der Waals surface area contributed by atoms with Crippen LogP contribution in [0.15, 0.2) is 34.9 Å². The largest absolute Gasteiger partial charge is 0.383 e. The van der Waals surface area contributed by atoms with E-state index >= 15 is 0 Å². The number of amides is 2. The quantitative estimate of drug-likeness (QED) is 0.688.